The van der Waals surface area contributed by atoms with Crippen LogP contribution in [-0.2, 0) is 0 Å². The second kappa shape index (κ2) is 3.90. The zero-order valence-corrected chi connectivity index (χ0v) is 9.51. The zero-order valence-electron chi connectivity index (χ0n) is 9.51. The van der Waals surface area contributed by atoms with Crippen molar-refractivity contribution in [2.75, 3.05) is 0 Å². The molecule has 0 saturated heterocycles. The number of aliphatic hydroxyl groups excluding tert-OH is 1. The maximum atomic E-state index is 10.3. The largest absolute Gasteiger partial charge is 0.392 e. The van der Waals surface area contributed by atoms with Gasteiger partial charge >= 0.3 is 0 Å². The Morgan fingerprint density at radius 1 is 1.36 bits per heavy atom. The highest BCUT2D eigenvalue weighted by Crippen LogP contribution is 2.48. The van der Waals surface area contributed by atoms with Gasteiger partial charge in [-0.1, -0.05) is 27.2 Å². The summed E-state index contributed by atoms with van der Waals surface area (Å²) >= 11 is 0. The van der Waals surface area contributed by atoms with E-state index in [-0.39, 0.29) is 16.9 Å². The topological polar surface area (TPSA) is 44.0 Å². The number of hydrogen-bond donors (Lipinski definition) is 1. The fourth-order valence-corrected chi connectivity index (χ4v) is 2.77. The maximum absolute atomic E-state index is 10.3. The monoisotopic (exact) mass is 195 g/mol. The Morgan fingerprint density at radius 2 is 2.00 bits per heavy atom. The van der Waals surface area contributed by atoms with Crippen LogP contribution in [-0.4, -0.2) is 11.2 Å². The standard InChI is InChI=1S/C12H21NO/c1-11(2)6-4-7-12(3,10(11)14)8-5-9-13/h10,14H,4-8H2,1-3H3. The summed E-state index contributed by atoms with van der Waals surface area (Å²) in [6.07, 6.45) is 4.44. The average molecular weight is 195 g/mol. The van der Waals surface area contributed by atoms with Crippen molar-refractivity contribution in [1.82, 2.24) is 0 Å². The van der Waals surface area contributed by atoms with Gasteiger partial charge in [0.15, 0.2) is 0 Å². The minimum atomic E-state index is -0.267. The van der Waals surface area contributed by atoms with Gasteiger partial charge in [0.2, 0.25) is 0 Å². The van der Waals surface area contributed by atoms with Crippen molar-refractivity contribution in [3.05, 3.63) is 0 Å². The lowest BCUT2D eigenvalue weighted by molar-refractivity contribution is -0.0872. The van der Waals surface area contributed by atoms with E-state index in [0.717, 1.165) is 19.3 Å². The Balaban J connectivity index is 2.72. The normalized spacial score (nSPS) is 36.4. The van der Waals surface area contributed by atoms with Gasteiger partial charge in [-0.3, -0.25) is 0 Å². The summed E-state index contributed by atoms with van der Waals surface area (Å²) in [4.78, 5) is 0. The van der Waals surface area contributed by atoms with Crippen LogP contribution in [0, 0.1) is 22.2 Å². The molecule has 0 radical (unpaired) electrons. The molecule has 1 saturated carbocycles. The van der Waals surface area contributed by atoms with Crippen LogP contribution in [0.2, 0.25) is 0 Å². The molecule has 1 fully saturated rings. The van der Waals surface area contributed by atoms with Gasteiger partial charge in [-0.05, 0) is 30.1 Å². The third-order valence-corrected chi connectivity index (χ3v) is 3.78. The third-order valence-electron chi connectivity index (χ3n) is 3.78. The predicted octanol–water partition coefficient (Wildman–Crippen LogP) is 2.87. The molecule has 2 atom stereocenters. The summed E-state index contributed by atoms with van der Waals surface area (Å²) in [6.45, 7) is 6.37. The predicted molar refractivity (Wildman–Crippen MR) is 56.6 cm³/mol. The molecule has 0 spiro atoms. The lowest BCUT2D eigenvalue weighted by atomic mass is 9.60. The van der Waals surface area contributed by atoms with Crippen LogP contribution in [0.1, 0.15) is 52.9 Å². The van der Waals surface area contributed by atoms with Crippen molar-refractivity contribution in [3.8, 4) is 6.07 Å². The fourth-order valence-electron chi connectivity index (χ4n) is 2.77. The number of nitriles is 1. The van der Waals surface area contributed by atoms with E-state index in [1.807, 2.05) is 0 Å². The van der Waals surface area contributed by atoms with Crippen molar-refractivity contribution in [3.63, 3.8) is 0 Å². The summed E-state index contributed by atoms with van der Waals surface area (Å²) in [5, 5.41) is 18.9. The molecule has 0 heterocycles. The molecule has 0 bridgehead atoms. The summed E-state index contributed by atoms with van der Waals surface area (Å²) in [5.41, 5.74) is -0.0278. The van der Waals surface area contributed by atoms with Crippen LogP contribution in [0.5, 0.6) is 0 Å². The Hall–Kier alpha value is -0.550. The second-order valence-electron chi connectivity index (χ2n) is 5.56. The van der Waals surface area contributed by atoms with E-state index in [1.165, 1.54) is 6.42 Å². The van der Waals surface area contributed by atoms with E-state index < -0.39 is 0 Å². The number of nitrogens with zero attached hydrogens (tertiary/aromatic N) is 1. The number of rotatable bonds is 2. The van der Waals surface area contributed by atoms with Crippen LogP contribution < -0.4 is 0 Å². The van der Waals surface area contributed by atoms with Crippen molar-refractivity contribution in [2.24, 2.45) is 10.8 Å². The lowest BCUT2D eigenvalue weighted by Gasteiger charge is -2.47. The third kappa shape index (κ3) is 2.09. The van der Waals surface area contributed by atoms with Crippen LogP contribution in [0.3, 0.4) is 0 Å². The van der Waals surface area contributed by atoms with Gasteiger partial charge in [0.05, 0.1) is 12.2 Å². The van der Waals surface area contributed by atoms with Crippen LogP contribution in [0.25, 0.3) is 0 Å². The van der Waals surface area contributed by atoms with Crippen LogP contribution in [0.4, 0.5) is 0 Å². The molecule has 2 nitrogen and oxygen atoms in total. The highest BCUT2D eigenvalue weighted by atomic mass is 16.3. The SMILES string of the molecule is CC1(C)CCCC(C)(CCC#N)C1O. The molecule has 1 rings (SSSR count). The molecule has 1 aliphatic carbocycles. The van der Waals surface area contributed by atoms with Gasteiger partial charge in [-0.2, -0.15) is 5.26 Å². The lowest BCUT2D eigenvalue weighted by Crippen LogP contribution is -2.46. The number of hydrogen-bond acceptors (Lipinski definition) is 2. The summed E-state index contributed by atoms with van der Waals surface area (Å²) in [5.74, 6) is 0. The molecule has 0 aliphatic heterocycles. The fraction of sp³-hybridized carbons (Fsp3) is 0.917. The highest BCUT2D eigenvalue weighted by Gasteiger charge is 2.44. The maximum Gasteiger partial charge on any atom is 0.0644 e. The Morgan fingerprint density at radius 3 is 2.57 bits per heavy atom. The van der Waals surface area contributed by atoms with Gasteiger partial charge < -0.3 is 5.11 Å². The zero-order chi connectivity index (χ0) is 10.8. The first-order chi connectivity index (χ1) is 6.42. The number of aliphatic hydroxyl groups is 1. The minimum absolute atomic E-state index is 0.0163. The van der Waals surface area contributed by atoms with E-state index in [9.17, 15) is 5.11 Å². The molecular weight excluding hydrogens is 174 g/mol. The van der Waals surface area contributed by atoms with Gasteiger partial charge in [0.25, 0.3) is 0 Å². The minimum Gasteiger partial charge on any atom is -0.392 e. The first-order valence-electron chi connectivity index (χ1n) is 5.47. The van der Waals surface area contributed by atoms with Gasteiger partial charge in [-0.15, -0.1) is 0 Å². The Bertz CT molecular complexity index is 241. The molecule has 2 heteroatoms. The molecule has 0 amide bonds. The van der Waals surface area contributed by atoms with E-state index in [1.54, 1.807) is 0 Å². The molecule has 0 aromatic heterocycles. The highest BCUT2D eigenvalue weighted by molar-refractivity contribution is 4.96. The molecule has 0 aromatic rings. The summed E-state index contributed by atoms with van der Waals surface area (Å²) in [6, 6.07) is 2.18. The van der Waals surface area contributed by atoms with Crippen LogP contribution in [0.15, 0.2) is 0 Å². The molecular formula is C12H21NO. The smallest absolute Gasteiger partial charge is 0.0644 e. The van der Waals surface area contributed by atoms with Gasteiger partial charge in [0.1, 0.15) is 0 Å². The molecule has 1 N–H and O–H groups in total. The molecule has 0 aromatic carbocycles. The molecule has 80 valence electrons. The van der Waals surface area contributed by atoms with Crippen molar-refractivity contribution < 1.29 is 5.11 Å². The quantitative estimate of drug-likeness (QED) is 0.736. The molecule has 2 unspecified atom stereocenters. The first-order valence-corrected chi connectivity index (χ1v) is 5.47. The van der Waals surface area contributed by atoms with E-state index in [2.05, 4.69) is 26.8 Å². The molecule has 14 heavy (non-hydrogen) atoms. The Kier molecular flexibility index (Phi) is 3.21. The van der Waals surface area contributed by atoms with E-state index >= 15 is 0 Å². The molecule has 1 aliphatic rings. The van der Waals surface area contributed by atoms with Crippen molar-refractivity contribution in [1.29, 1.82) is 5.26 Å². The van der Waals surface area contributed by atoms with Crippen LogP contribution >= 0.6 is 0 Å². The van der Waals surface area contributed by atoms with E-state index in [0.29, 0.717) is 6.42 Å². The summed E-state index contributed by atoms with van der Waals surface area (Å²) in [7, 11) is 0. The van der Waals surface area contributed by atoms with Crippen molar-refractivity contribution >= 4 is 0 Å². The van der Waals surface area contributed by atoms with E-state index in [4.69, 9.17) is 5.26 Å². The van der Waals surface area contributed by atoms with Gasteiger partial charge in [0, 0.05) is 6.42 Å². The second-order valence-corrected chi connectivity index (χ2v) is 5.56. The summed E-state index contributed by atoms with van der Waals surface area (Å²) < 4.78 is 0. The average Bonchev–Trinajstić information content (AvgIpc) is 2.11. The van der Waals surface area contributed by atoms with Crippen molar-refractivity contribution in [2.45, 2.75) is 59.0 Å². The van der Waals surface area contributed by atoms with Gasteiger partial charge in [-0.25, -0.2) is 0 Å². The first kappa shape index (κ1) is 11.5. The Labute approximate surface area is 86.9 Å².